The fraction of sp³-hybridized carbons (Fsp3) is 0.368. The molecule has 2 heterocycles. The molecule has 6 nitrogen and oxygen atoms in total. The maximum Gasteiger partial charge on any atom is 0.257 e. The Morgan fingerprint density at radius 3 is 2.64 bits per heavy atom. The van der Waals surface area contributed by atoms with E-state index in [0.717, 1.165) is 5.69 Å². The summed E-state index contributed by atoms with van der Waals surface area (Å²) < 4.78 is 12.9. The largest absolute Gasteiger partial charge is 0.493 e. The van der Waals surface area contributed by atoms with Crippen molar-refractivity contribution in [2.24, 2.45) is 7.05 Å². The highest BCUT2D eigenvalue weighted by Crippen LogP contribution is 2.24. The molecule has 0 aliphatic carbocycles. The Morgan fingerprint density at radius 1 is 1.24 bits per heavy atom. The lowest BCUT2D eigenvalue weighted by Crippen LogP contribution is -2.56. The molecule has 1 fully saturated rings. The molecule has 2 aromatic rings. The van der Waals surface area contributed by atoms with Crippen LogP contribution in [0.5, 0.6) is 11.5 Å². The zero-order valence-corrected chi connectivity index (χ0v) is 14.7. The van der Waals surface area contributed by atoms with Crippen molar-refractivity contribution >= 4 is 5.91 Å². The predicted molar refractivity (Wildman–Crippen MR) is 94.4 cm³/mol. The molecule has 0 unspecified atom stereocenters. The van der Waals surface area contributed by atoms with Gasteiger partial charge in [-0.3, -0.25) is 9.59 Å². The number of aryl methyl sites for hydroxylation is 1. The van der Waals surface area contributed by atoms with E-state index in [1.54, 1.807) is 28.6 Å². The topological polar surface area (TPSA) is 60.8 Å². The number of para-hydroxylation sites is 1. The monoisotopic (exact) mass is 342 g/mol. The van der Waals surface area contributed by atoms with Gasteiger partial charge in [-0.15, -0.1) is 0 Å². The quantitative estimate of drug-likeness (QED) is 0.834. The first-order valence-electron chi connectivity index (χ1n) is 8.35. The summed E-state index contributed by atoms with van der Waals surface area (Å²) in [6.45, 7) is 5.25. The molecule has 6 heteroatoms. The Hall–Kier alpha value is -2.76. The van der Waals surface area contributed by atoms with Gasteiger partial charge in [-0.25, -0.2) is 0 Å². The first-order valence-corrected chi connectivity index (χ1v) is 8.35. The molecule has 1 saturated heterocycles. The van der Waals surface area contributed by atoms with E-state index in [2.05, 4.69) is 0 Å². The minimum atomic E-state index is -0.104. The number of benzene rings is 1. The molecule has 1 amide bonds. The molecule has 1 aromatic carbocycles. The molecular formula is C19H22N2O4. The van der Waals surface area contributed by atoms with Crippen molar-refractivity contribution < 1.29 is 14.3 Å². The van der Waals surface area contributed by atoms with E-state index in [4.69, 9.17) is 9.47 Å². The van der Waals surface area contributed by atoms with Crippen LogP contribution in [-0.2, 0) is 7.05 Å². The number of aromatic nitrogens is 1. The van der Waals surface area contributed by atoms with E-state index in [9.17, 15) is 9.59 Å². The number of hydrogen-bond acceptors (Lipinski definition) is 4. The van der Waals surface area contributed by atoms with E-state index in [-0.39, 0.29) is 17.6 Å². The minimum Gasteiger partial charge on any atom is -0.493 e. The molecule has 1 aliphatic rings. The van der Waals surface area contributed by atoms with E-state index >= 15 is 0 Å². The van der Waals surface area contributed by atoms with Gasteiger partial charge >= 0.3 is 0 Å². The van der Waals surface area contributed by atoms with Gasteiger partial charge in [0.15, 0.2) is 0 Å². The lowest BCUT2D eigenvalue weighted by atomic mass is 10.1. The van der Waals surface area contributed by atoms with Crippen LogP contribution >= 0.6 is 0 Å². The van der Waals surface area contributed by atoms with Crippen LogP contribution in [0.2, 0.25) is 0 Å². The molecule has 0 bridgehead atoms. The second-order valence-electron chi connectivity index (χ2n) is 6.11. The molecule has 1 aromatic heterocycles. The minimum absolute atomic E-state index is 0.0657. The lowest BCUT2D eigenvalue weighted by molar-refractivity contribution is 0.0174. The maximum atomic E-state index is 12.6. The van der Waals surface area contributed by atoms with E-state index < -0.39 is 0 Å². The summed E-state index contributed by atoms with van der Waals surface area (Å²) in [5.41, 5.74) is 1.29. The molecule has 1 aliphatic heterocycles. The number of ether oxygens (including phenoxy) is 2. The third-order valence-corrected chi connectivity index (χ3v) is 4.33. The van der Waals surface area contributed by atoms with Crippen molar-refractivity contribution in [2.45, 2.75) is 20.0 Å². The van der Waals surface area contributed by atoms with Gasteiger partial charge in [-0.2, -0.15) is 0 Å². The van der Waals surface area contributed by atoms with Gasteiger partial charge in [0.05, 0.1) is 25.3 Å². The molecule has 3 rings (SSSR count). The van der Waals surface area contributed by atoms with E-state index in [1.807, 2.05) is 32.0 Å². The van der Waals surface area contributed by atoms with Crippen LogP contribution < -0.4 is 15.0 Å². The lowest BCUT2D eigenvalue weighted by Gasteiger charge is -2.39. The maximum absolute atomic E-state index is 12.6. The first kappa shape index (κ1) is 17.1. The summed E-state index contributed by atoms with van der Waals surface area (Å²) in [7, 11) is 1.72. The van der Waals surface area contributed by atoms with Crippen LogP contribution in [0.1, 0.15) is 23.0 Å². The van der Waals surface area contributed by atoms with Crippen molar-refractivity contribution in [3.8, 4) is 11.5 Å². The molecule has 25 heavy (non-hydrogen) atoms. The van der Waals surface area contributed by atoms with Gasteiger partial charge < -0.3 is 18.9 Å². The summed E-state index contributed by atoms with van der Waals surface area (Å²) in [5, 5.41) is 0. The molecule has 0 saturated carbocycles. The fourth-order valence-corrected chi connectivity index (χ4v) is 2.77. The zero-order chi connectivity index (χ0) is 18.0. The van der Waals surface area contributed by atoms with E-state index in [0.29, 0.717) is 36.8 Å². The standard InChI is InChI=1S/C19H22N2O4/c1-4-24-17-8-6-5-7-16(17)19(23)21-11-15(12-21)25-14-9-13(2)20(3)18(22)10-14/h5-10,15H,4,11-12H2,1-3H3. The summed E-state index contributed by atoms with van der Waals surface area (Å²) in [6, 6.07) is 10.5. The molecular weight excluding hydrogens is 320 g/mol. The number of carbonyl (C=O) groups excluding carboxylic acids is 1. The molecule has 0 atom stereocenters. The van der Waals surface area contributed by atoms with Crippen LogP contribution in [-0.4, -0.2) is 41.2 Å². The highest BCUT2D eigenvalue weighted by Gasteiger charge is 2.34. The smallest absolute Gasteiger partial charge is 0.257 e. The molecule has 0 radical (unpaired) electrons. The van der Waals surface area contributed by atoms with Gasteiger partial charge in [0, 0.05) is 18.8 Å². The van der Waals surface area contributed by atoms with Crippen LogP contribution in [0, 0.1) is 6.92 Å². The summed E-state index contributed by atoms with van der Waals surface area (Å²) in [6.07, 6.45) is -0.102. The Kier molecular flexibility index (Phi) is 4.79. The third-order valence-electron chi connectivity index (χ3n) is 4.33. The van der Waals surface area contributed by atoms with Crippen molar-refractivity contribution in [2.75, 3.05) is 19.7 Å². The van der Waals surface area contributed by atoms with Crippen LogP contribution in [0.25, 0.3) is 0 Å². The first-order chi connectivity index (χ1) is 12.0. The average Bonchev–Trinajstić information content (AvgIpc) is 2.55. The molecule has 0 N–H and O–H groups in total. The van der Waals surface area contributed by atoms with Crippen molar-refractivity contribution in [3.63, 3.8) is 0 Å². The SMILES string of the molecule is CCOc1ccccc1C(=O)N1CC(Oc2cc(C)n(C)c(=O)c2)C1. The highest BCUT2D eigenvalue weighted by molar-refractivity contribution is 5.97. The zero-order valence-electron chi connectivity index (χ0n) is 14.7. The van der Waals surface area contributed by atoms with Gasteiger partial charge in [0.1, 0.15) is 17.6 Å². The Balaban J connectivity index is 1.63. The van der Waals surface area contributed by atoms with E-state index in [1.165, 1.54) is 6.07 Å². The van der Waals surface area contributed by atoms with Crippen LogP contribution in [0.15, 0.2) is 41.2 Å². The second kappa shape index (κ2) is 7.01. The number of pyridine rings is 1. The second-order valence-corrected chi connectivity index (χ2v) is 6.11. The summed E-state index contributed by atoms with van der Waals surface area (Å²) in [4.78, 5) is 26.1. The third kappa shape index (κ3) is 3.52. The number of carbonyl (C=O) groups is 1. The van der Waals surface area contributed by atoms with Crippen LogP contribution in [0.3, 0.4) is 0 Å². The number of likely N-dealkylation sites (tertiary alicyclic amines) is 1. The Labute approximate surface area is 146 Å². The summed E-state index contributed by atoms with van der Waals surface area (Å²) in [5.74, 6) is 1.08. The van der Waals surface area contributed by atoms with Crippen LogP contribution in [0.4, 0.5) is 0 Å². The fourth-order valence-electron chi connectivity index (χ4n) is 2.77. The predicted octanol–water partition coefficient (Wildman–Crippen LogP) is 2.00. The number of amides is 1. The van der Waals surface area contributed by atoms with Gasteiger partial charge in [0.2, 0.25) is 0 Å². The average molecular weight is 342 g/mol. The normalized spacial score (nSPS) is 14.1. The summed E-state index contributed by atoms with van der Waals surface area (Å²) >= 11 is 0. The van der Waals surface area contributed by atoms with Gasteiger partial charge in [-0.1, -0.05) is 12.1 Å². The van der Waals surface area contributed by atoms with Gasteiger partial charge in [0.25, 0.3) is 11.5 Å². The molecule has 132 valence electrons. The highest BCUT2D eigenvalue weighted by atomic mass is 16.5. The van der Waals surface area contributed by atoms with Crippen molar-refractivity contribution in [3.05, 3.63) is 58.0 Å². The number of hydrogen-bond donors (Lipinski definition) is 0. The number of nitrogens with zero attached hydrogens (tertiary/aromatic N) is 2. The molecule has 0 spiro atoms. The van der Waals surface area contributed by atoms with Crippen molar-refractivity contribution in [1.82, 2.24) is 9.47 Å². The Morgan fingerprint density at radius 2 is 1.96 bits per heavy atom. The number of rotatable bonds is 5. The van der Waals surface area contributed by atoms with Gasteiger partial charge in [-0.05, 0) is 32.0 Å². The van der Waals surface area contributed by atoms with Crippen molar-refractivity contribution in [1.29, 1.82) is 0 Å². The Bertz CT molecular complexity index is 838.